The van der Waals surface area contributed by atoms with Crippen molar-refractivity contribution in [1.29, 1.82) is 0 Å². The molecule has 3 aromatic rings. The van der Waals surface area contributed by atoms with Crippen molar-refractivity contribution in [3.05, 3.63) is 71.8 Å². The number of rotatable bonds is 3. The summed E-state index contributed by atoms with van der Waals surface area (Å²) in [4.78, 5) is 0. The van der Waals surface area contributed by atoms with Gasteiger partial charge in [-0.05, 0) is 0 Å². The molecule has 0 aromatic heterocycles. The van der Waals surface area contributed by atoms with Gasteiger partial charge in [0.15, 0.2) is 0 Å². The Balaban J connectivity index is 2.17. The molecule has 0 aliphatic carbocycles. The van der Waals surface area contributed by atoms with Gasteiger partial charge in [0.2, 0.25) is 0 Å². The van der Waals surface area contributed by atoms with E-state index in [1.54, 1.807) is 0 Å². The minimum absolute atomic E-state index is 0.655. The van der Waals surface area contributed by atoms with E-state index in [0.717, 1.165) is 16.5 Å². The molecule has 0 fully saturated rings. The van der Waals surface area contributed by atoms with Crippen molar-refractivity contribution in [2.75, 3.05) is 5.73 Å². The van der Waals surface area contributed by atoms with E-state index in [4.69, 9.17) is 5.73 Å². The van der Waals surface area contributed by atoms with Crippen LogP contribution in [0.4, 0.5) is 5.69 Å². The van der Waals surface area contributed by atoms with Crippen LogP contribution < -0.4 is 10.1 Å². The van der Waals surface area contributed by atoms with E-state index in [1.165, 1.54) is 9.74 Å². The van der Waals surface area contributed by atoms with E-state index in [-0.39, 0.29) is 0 Å². The summed E-state index contributed by atoms with van der Waals surface area (Å²) >= 11 is -0.983. The molecule has 0 saturated carbocycles. The first-order chi connectivity index (χ1) is 10.6. The second kappa shape index (κ2) is 6.16. The molecule has 0 spiro atoms. The van der Waals surface area contributed by atoms with Crippen LogP contribution in [0.25, 0.3) is 10.8 Å². The number of aliphatic hydroxyl groups is 1. The third kappa shape index (κ3) is 2.77. The normalized spacial score (nSPS) is 12.7. The third-order valence-electron chi connectivity index (χ3n) is 3.94. The molecule has 1 atom stereocenters. The van der Waals surface area contributed by atoms with Gasteiger partial charge >= 0.3 is 136 Å². The van der Waals surface area contributed by atoms with Crippen LogP contribution in [0.1, 0.15) is 17.2 Å². The molecule has 0 aliphatic rings. The molecule has 1 unspecified atom stereocenters. The van der Waals surface area contributed by atoms with Gasteiger partial charge in [-0.2, -0.15) is 0 Å². The van der Waals surface area contributed by atoms with Crippen molar-refractivity contribution in [2.45, 2.75) is 17.5 Å². The maximum atomic E-state index is 10.8. The zero-order chi connectivity index (χ0) is 15.7. The number of anilines is 1. The Morgan fingerprint density at radius 2 is 1.64 bits per heavy atom. The summed E-state index contributed by atoms with van der Waals surface area (Å²) in [5, 5.41) is 13.2. The topological polar surface area (TPSA) is 46.2 Å². The summed E-state index contributed by atoms with van der Waals surface area (Å²) in [6.45, 7) is 0. The summed E-state index contributed by atoms with van der Waals surface area (Å²) in [5.41, 5.74) is 13.0. The number of nitrogen functional groups attached to an aromatic ring is 1. The average molecular weight is 353 g/mol. The predicted octanol–water partition coefficient (Wildman–Crippen LogP) is 3.47. The summed E-state index contributed by atoms with van der Waals surface area (Å²) in [6.07, 6.45) is -0.655. The van der Waals surface area contributed by atoms with Gasteiger partial charge in [0, 0.05) is 0 Å². The first kappa shape index (κ1) is 15.1. The van der Waals surface area contributed by atoms with Gasteiger partial charge in [0.05, 0.1) is 0 Å². The maximum absolute atomic E-state index is 10.8. The monoisotopic (exact) mass is 353 g/mol. The summed E-state index contributed by atoms with van der Waals surface area (Å²) in [5.74, 6) is 0. The molecule has 0 saturated heterocycles. The van der Waals surface area contributed by atoms with Crippen LogP contribution in [0.15, 0.2) is 60.7 Å². The average Bonchev–Trinajstić information content (AvgIpc) is 2.53. The molecule has 3 heteroatoms. The Hall–Kier alpha value is -1.76. The van der Waals surface area contributed by atoms with Crippen molar-refractivity contribution in [2.24, 2.45) is 0 Å². The van der Waals surface area contributed by atoms with Crippen LogP contribution in [-0.2, 0) is 0 Å². The van der Waals surface area contributed by atoms with E-state index in [2.05, 4.69) is 41.8 Å². The third-order valence-corrected chi connectivity index (χ3v) is 6.78. The zero-order valence-corrected chi connectivity index (χ0v) is 14.7. The van der Waals surface area contributed by atoms with Crippen LogP contribution in [-0.4, -0.2) is 19.8 Å². The predicted molar refractivity (Wildman–Crippen MR) is 96.0 cm³/mol. The molecule has 3 N–H and O–H groups in total. The molecule has 0 amide bonds. The molecule has 2 nitrogen and oxygen atoms in total. The number of benzene rings is 3. The quantitative estimate of drug-likeness (QED) is 0.560. The second-order valence-corrected chi connectivity index (χ2v) is 10.5. The Morgan fingerprint density at radius 3 is 2.32 bits per heavy atom. The van der Waals surface area contributed by atoms with Gasteiger partial charge in [-0.3, -0.25) is 0 Å². The molecule has 0 heterocycles. The zero-order valence-electron chi connectivity index (χ0n) is 12.8. The van der Waals surface area contributed by atoms with Crippen molar-refractivity contribution < 1.29 is 5.11 Å². The van der Waals surface area contributed by atoms with Crippen LogP contribution in [0.2, 0.25) is 11.4 Å². The molecular formula is C19H20AsNO. The van der Waals surface area contributed by atoms with Crippen LogP contribution >= 0.6 is 0 Å². The Labute approximate surface area is 135 Å². The summed E-state index contributed by atoms with van der Waals surface area (Å²) < 4.78 is 1.45. The number of fused-ring (bicyclic) bond motifs is 1. The number of hydrogen-bond acceptors (Lipinski definition) is 2. The number of nitrogens with two attached hydrogens (primary N) is 1. The first-order valence-electron chi connectivity index (χ1n) is 7.30. The second-order valence-electron chi connectivity index (χ2n) is 5.69. The van der Waals surface area contributed by atoms with Gasteiger partial charge in [-0.25, -0.2) is 0 Å². The fraction of sp³-hybridized carbons (Fsp3) is 0.158. The van der Waals surface area contributed by atoms with Crippen LogP contribution in [0.3, 0.4) is 0 Å². The van der Waals surface area contributed by atoms with Crippen LogP contribution in [0.5, 0.6) is 0 Å². The van der Waals surface area contributed by atoms with E-state index in [9.17, 15) is 5.11 Å². The van der Waals surface area contributed by atoms with Crippen molar-refractivity contribution in [3.63, 3.8) is 0 Å². The fourth-order valence-corrected chi connectivity index (χ4v) is 5.05. The van der Waals surface area contributed by atoms with E-state index in [0.29, 0.717) is 5.69 Å². The van der Waals surface area contributed by atoms with Gasteiger partial charge in [0.25, 0.3) is 0 Å². The van der Waals surface area contributed by atoms with Crippen LogP contribution in [0, 0.1) is 0 Å². The van der Waals surface area contributed by atoms with Gasteiger partial charge < -0.3 is 0 Å². The minimum atomic E-state index is -0.983. The Kier molecular flexibility index (Phi) is 4.24. The summed E-state index contributed by atoms with van der Waals surface area (Å²) in [6, 6.07) is 20.1. The van der Waals surface area contributed by atoms with E-state index < -0.39 is 20.8 Å². The molecule has 22 heavy (non-hydrogen) atoms. The summed E-state index contributed by atoms with van der Waals surface area (Å²) in [7, 11) is 0. The van der Waals surface area contributed by atoms with Crippen molar-refractivity contribution in [3.8, 4) is 0 Å². The number of aliphatic hydroxyl groups excluding tert-OH is 1. The SMILES string of the molecule is C[As](C)c1ccc(C(O)c2cccc(N)c2)c2ccccc12. The van der Waals surface area contributed by atoms with E-state index >= 15 is 0 Å². The molecule has 0 aliphatic heterocycles. The first-order valence-corrected chi connectivity index (χ1v) is 12.0. The molecule has 0 bridgehead atoms. The van der Waals surface area contributed by atoms with E-state index in [1.807, 2.05) is 30.3 Å². The van der Waals surface area contributed by atoms with Gasteiger partial charge in [0.1, 0.15) is 0 Å². The Morgan fingerprint density at radius 1 is 0.909 bits per heavy atom. The standard InChI is InChI=1S/C19H20AsNO/c1-20(2)18-11-10-17(15-8-3-4-9-16(15)18)19(22)13-6-5-7-14(21)12-13/h3-12,19,22H,21H2,1-2H3. The van der Waals surface area contributed by atoms with Crippen molar-refractivity contribution >= 4 is 35.5 Å². The fourth-order valence-electron chi connectivity index (χ4n) is 2.84. The molecular weight excluding hydrogens is 333 g/mol. The molecule has 112 valence electrons. The van der Waals surface area contributed by atoms with Gasteiger partial charge in [-0.15, -0.1) is 0 Å². The molecule has 3 rings (SSSR count). The molecule has 0 radical (unpaired) electrons. The van der Waals surface area contributed by atoms with Gasteiger partial charge in [-0.1, -0.05) is 0 Å². The number of hydrogen-bond donors (Lipinski definition) is 2. The molecule has 3 aromatic carbocycles. The van der Waals surface area contributed by atoms with Crippen molar-refractivity contribution in [1.82, 2.24) is 0 Å². The Bertz CT molecular complexity index is 813.